The molecule has 2 aromatic heterocycles. The number of aryl methyl sites for hydroxylation is 2. The van der Waals surface area contributed by atoms with Gasteiger partial charge in [0.15, 0.2) is 11.0 Å². The van der Waals surface area contributed by atoms with Gasteiger partial charge in [-0.3, -0.25) is 9.59 Å². The number of hydrogen-bond acceptors (Lipinski definition) is 7. The maximum atomic E-state index is 12.3. The third-order valence-electron chi connectivity index (χ3n) is 3.97. The Morgan fingerprint density at radius 1 is 1.39 bits per heavy atom. The Balaban J connectivity index is 1.86. The minimum atomic E-state index is -0.909. The average Bonchev–Trinajstić information content (AvgIpc) is 2.86. The lowest BCUT2D eigenvalue weighted by Gasteiger charge is -2.34. The zero-order chi connectivity index (χ0) is 16.8. The third kappa shape index (κ3) is 2.95. The van der Waals surface area contributed by atoms with Crippen LogP contribution in [-0.4, -0.2) is 42.2 Å². The molecule has 8 heteroatoms. The van der Waals surface area contributed by atoms with E-state index >= 15 is 0 Å². The number of nitrogens with zero attached hydrogens (tertiary/aromatic N) is 4. The van der Waals surface area contributed by atoms with E-state index in [1.807, 2.05) is 26.8 Å². The number of esters is 1. The highest BCUT2D eigenvalue weighted by molar-refractivity contribution is 8.01. The number of carbonyl (C=O) groups excluding carboxylic acids is 2. The van der Waals surface area contributed by atoms with E-state index < -0.39 is 16.8 Å². The number of rotatable bonds is 3. The smallest absolute Gasteiger partial charge is 0.327 e. The number of thioether (sulfide) groups is 1. The molecule has 0 radical (unpaired) electrons. The summed E-state index contributed by atoms with van der Waals surface area (Å²) in [7, 11) is 0. The lowest BCUT2D eigenvalue weighted by atomic mass is 9.92. The molecule has 1 saturated heterocycles. The summed E-state index contributed by atoms with van der Waals surface area (Å²) in [6.07, 6.45) is 0.827. The van der Waals surface area contributed by atoms with Gasteiger partial charge in [-0.15, -0.1) is 5.10 Å². The largest absolute Gasteiger partial charge is 0.458 e. The van der Waals surface area contributed by atoms with E-state index in [4.69, 9.17) is 4.74 Å². The van der Waals surface area contributed by atoms with Crippen molar-refractivity contribution in [2.45, 2.75) is 56.5 Å². The molecule has 0 amide bonds. The highest BCUT2D eigenvalue weighted by atomic mass is 32.2. The molecule has 1 fully saturated rings. The summed E-state index contributed by atoms with van der Waals surface area (Å²) >= 11 is 1.03. The molecule has 0 N–H and O–H groups in total. The zero-order valence-corrected chi connectivity index (χ0v) is 14.3. The Hall–Kier alpha value is -1.96. The molecule has 7 nitrogen and oxygen atoms in total. The van der Waals surface area contributed by atoms with Crippen molar-refractivity contribution in [3.8, 4) is 0 Å². The van der Waals surface area contributed by atoms with Crippen molar-refractivity contribution in [3.05, 3.63) is 17.5 Å². The zero-order valence-electron chi connectivity index (χ0n) is 13.5. The molecule has 0 saturated carbocycles. The van der Waals surface area contributed by atoms with Crippen LogP contribution in [0.1, 0.15) is 38.1 Å². The fourth-order valence-corrected chi connectivity index (χ4v) is 3.37. The van der Waals surface area contributed by atoms with Gasteiger partial charge in [-0.2, -0.15) is 4.98 Å². The van der Waals surface area contributed by atoms with E-state index in [1.54, 1.807) is 11.4 Å². The Labute approximate surface area is 137 Å². The second-order valence-electron chi connectivity index (χ2n) is 6.01. The van der Waals surface area contributed by atoms with Crippen molar-refractivity contribution >= 4 is 29.3 Å². The lowest BCUT2D eigenvalue weighted by molar-refractivity contribution is -0.167. The van der Waals surface area contributed by atoms with E-state index in [0.29, 0.717) is 17.4 Å². The van der Waals surface area contributed by atoms with Gasteiger partial charge in [0.25, 0.3) is 5.78 Å². The molecule has 2 unspecified atom stereocenters. The summed E-state index contributed by atoms with van der Waals surface area (Å²) in [5.41, 5.74) is 1.03. The normalized spacial score (nSPS) is 25.0. The SMILES string of the molecule is CCC1(C)CC(=O)C(Sc2nc3nc(C)cc(C)n3n2)C(=O)O1. The van der Waals surface area contributed by atoms with Crippen molar-refractivity contribution in [2.24, 2.45) is 0 Å². The van der Waals surface area contributed by atoms with Crippen LogP contribution in [0.4, 0.5) is 0 Å². The van der Waals surface area contributed by atoms with Crippen molar-refractivity contribution in [1.29, 1.82) is 0 Å². The topological polar surface area (TPSA) is 86.5 Å². The van der Waals surface area contributed by atoms with Gasteiger partial charge in [0.05, 0.1) is 0 Å². The molecule has 2 atom stereocenters. The molecule has 23 heavy (non-hydrogen) atoms. The van der Waals surface area contributed by atoms with Gasteiger partial charge < -0.3 is 4.74 Å². The van der Waals surface area contributed by atoms with Crippen LogP contribution in [0.5, 0.6) is 0 Å². The Kier molecular flexibility index (Phi) is 3.87. The Bertz CT molecular complexity index is 783. The van der Waals surface area contributed by atoms with E-state index in [1.165, 1.54) is 0 Å². The maximum Gasteiger partial charge on any atom is 0.327 e. The quantitative estimate of drug-likeness (QED) is 0.625. The molecule has 0 spiro atoms. The molecule has 122 valence electrons. The summed E-state index contributed by atoms with van der Waals surface area (Å²) in [5.74, 6) is -0.203. The fraction of sp³-hybridized carbons (Fsp3) is 0.533. The van der Waals surface area contributed by atoms with Crippen LogP contribution >= 0.6 is 11.8 Å². The molecule has 3 rings (SSSR count). The number of aromatic nitrogens is 4. The standard InChI is InChI=1S/C15H18N4O3S/c1-5-15(4)7-10(20)11(12(21)22-15)23-14-17-13-16-8(2)6-9(3)19(13)18-14/h6,11H,5,7H2,1-4H3. The number of hydrogen-bond donors (Lipinski definition) is 0. The van der Waals surface area contributed by atoms with Crippen LogP contribution in [0.3, 0.4) is 0 Å². The highest BCUT2D eigenvalue weighted by Crippen LogP contribution is 2.33. The van der Waals surface area contributed by atoms with Gasteiger partial charge in [-0.25, -0.2) is 9.50 Å². The van der Waals surface area contributed by atoms with Crippen LogP contribution < -0.4 is 0 Å². The van der Waals surface area contributed by atoms with Crippen LogP contribution in [-0.2, 0) is 14.3 Å². The second-order valence-corrected chi connectivity index (χ2v) is 7.08. The van der Waals surface area contributed by atoms with Crippen LogP contribution in [0.25, 0.3) is 5.78 Å². The van der Waals surface area contributed by atoms with Crippen LogP contribution in [0.15, 0.2) is 11.2 Å². The highest BCUT2D eigenvalue weighted by Gasteiger charge is 2.44. The molecule has 0 aromatic carbocycles. The lowest BCUT2D eigenvalue weighted by Crippen LogP contribution is -2.47. The molecule has 2 aromatic rings. The first kappa shape index (κ1) is 15.9. The molecule has 0 bridgehead atoms. The minimum absolute atomic E-state index is 0.143. The Morgan fingerprint density at radius 3 is 2.78 bits per heavy atom. The molecule has 0 aliphatic carbocycles. The predicted molar refractivity (Wildman–Crippen MR) is 84.3 cm³/mol. The summed E-state index contributed by atoms with van der Waals surface area (Å²) < 4.78 is 7.04. The van der Waals surface area contributed by atoms with Gasteiger partial charge in [0.1, 0.15) is 5.60 Å². The average molecular weight is 334 g/mol. The van der Waals surface area contributed by atoms with Gasteiger partial charge >= 0.3 is 5.97 Å². The first-order valence-corrected chi connectivity index (χ1v) is 8.32. The van der Waals surface area contributed by atoms with Crippen molar-refractivity contribution in [3.63, 3.8) is 0 Å². The number of ketones is 1. The first-order chi connectivity index (χ1) is 10.8. The first-order valence-electron chi connectivity index (χ1n) is 7.44. The monoisotopic (exact) mass is 334 g/mol. The van der Waals surface area contributed by atoms with E-state index in [2.05, 4.69) is 15.1 Å². The van der Waals surface area contributed by atoms with Gasteiger partial charge in [-0.1, -0.05) is 18.7 Å². The van der Waals surface area contributed by atoms with E-state index in [0.717, 1.165) is 23.1 Å². The van der Waals surface area contributed by atoms with Gasteiger partial charge in [0.2, 0.25) is 5.16 Å². The molecular formula is C15H18N4O3S. The Morgan fingerprint density at radius 2 is 2.13 bits per heavy atom. The van der Waals surface area contributed by atoms with Crippen molar-refractivity contribution in [2.75, 3.05) is 0 Å². The number of cyclic esters (lactones) is 1. The minimum Gasteiger partial charge on any atom is -0.458 e. The predicted octanol–water partition coefficient (Wildman–Crippen LogP) is 1.89. The van der Waals surface area contributed by atoms with E-state index in [9.17, 15) is 9.59 Å². The summed E-state index contributed by atoms with van der Waals surface area (Å²) in [6, 6.07) is 1.89. The number of fused-ring (bicyclic) bond motifs is 1. The number of carbonyl (C=O) groups is 2. The van der Waals surface area contributed by atoms with Crippen LogP contribution in [0.2, 0.25) is 0 Å². The summed E-state index contributed by atoms with van der Waals surface area (Å²) in [6.45, 7) is 7.46. The fourth-order valence-electron chi connectivity index (χ4n) is 2.54. The van der Waals surface area contributed by atoms with Gasteiger partial charge in [0, 0.05) is 17.8 Å². The van der Waals surface area contributed by atoms with Crippen molar-refractivity contribution < 1.29 is 14.3 Å². The van der Waals surface area contributed by atoms with Crippen LogP contribution in [0, 0.1) is 13.8 Å². The third-order valence-corrected chi connectivity index (χ3v) is 5.05. The maximum absolute atomic E-state index is 12.3. The summed E-state index contributed by atoms with van der Waals surface area (Å²) in [4.78, 5) is 33.1. The molecule has 1 aliphatic heterocycles. The molecule has 3 heterocycles. The van der Waals surface area contributed by atoms with E-state index in [-0.39, 0.29) is 12.2 Å². The summed E-state index contributed by atoms with van der Waals surface area (Å²) in [5, 5.41) is 3.76. The van der Waals surface area contributed by atoms with Gasteiger partial charge in [-0.05, 0) is 33.3 Å². The molecule has 1 aliphatic rings. The number of ether oxygens (including phenoxy) is 1. The molecular weight excluding hydrogens is 316 g/mol. The number of Topliss-reactive ketones (excluding diaryl/α,β-unsaturated/α-hetero) is 1. The second kappa shape index (κ2) is 5.59. The van der Waals surface area contributed by atoms with Crippen molar-refractivity contribution in [1.82, 2.24) is 19.6 Å².